The van der Waals surface area contributed by atoms with Crippen molar-refractivity contribution in [1.29, 1.82) is 0 Å². The first-order valence-corrected chi connectivity index (χ1v) is 8.09. The van der Waals surface area contributed by atoms with Crippen molar-refractivity contribution >= 4 is 34.4 Å². The third-order valence-corrected chi connectivity index (χ3v) is 4.36. The van der Waals surface area contributed by atoms with Gasteiger partial charge in [-0.2, -0.15) is 0 Å². The van der Waals surface area contributed by atoms with Crippen molar-refractivity contribution in [2.24, 2.45) is 0 Å². The maximum Gasteiger partial charge on any atom is 0.276 e. The molecular formula is C17H17IN2O3. The number of hydrogen-bond donors (Lipinski definition) is 2. The molecule has 2 aromatic rings. The number of nitrogens with one attached hydrogen (secondary N) is 2. The molecule has 2 aromatic carbocycles. The zero-order valence-corrected chi connectivity index (χ0v) is 15.0. The lowest BCUT2D eigenvalue weighted by Gasteiger charge is -2.10. The molecule has 0 atom stereocenters. The largest absolute Gasteiger partial charge is 0.483 e. The topological polar surface area (TPSA) is 67.4 Å². The van der Waals surface area contributed by atoms with Crippen LogP contribution in [0.15, 0.2) is 42.5 Å². The summed E-state index contributed by atoms with van der Waals surface area (Å²) in [6, 6.07) is 12.7. The van der Waals surface area contributed by atoms with Crippen LogP contribution in [0.25, 0.3) is 0 Å². The van der Waals surface area contributed by atoms with E-state index in [1.54, 1.807) is 18.2 Å². The molecule has 2 rings (SSSR count). The molecule has 120 valence electrons. The van der Waals surface area contributed by atoms with Crippen molar-refractivity contribution in [1.82, 2.24) is 10.9 Å². The summed E-state index contributed by atoms with van der Waals surface area (Å²) < 4.78 is 6.40. The van der Waals surface area contributed by atoms with Gasteiger partial charge in [0.25, 0.3) is 11.8 Å². The highest BCUT2D eigenvalue weighted by Gasteiger charge is 2.09. The van der Waals surface area contributed by atoms with Crippen molar-refractivity contribution in [3.8, 4) is 5.75 Å². The predicted octanol–water partition coefficient (Wildman–Crippen LogP) is 2.75. The first-order chi connectivity index (χ1) is 11.0. The number of carbonyl (C=O) groups is 2. The lowest BCUT2D eigenvalue weighted by atomic mass is 10.1. The summed E-state index contributed by atoms with van der Waals surface area (Å²) in [7, 11) is 0. The Morgan fingerprint density at radius 1 is 1.04 bits per heavy atom. The first kappa shape index (κ1) is 17.3. The molecular weight excluding hydrogens is 407 g/mol. The number of rotatable bonds is 4. The molecule has 2 N–H and O–H groups in total. The first-order valence-electron chi connectivity index (χ1n) is 7.01. The van der Waals surface area contributed by atoms with E-state index in [-0.39, 0.29) is 12.5 Å². The number of para-hydroxylation sites is 1. The number of ether oxygens (including phenoxy) is 1. The lowest BCUT2D eigenvalue weighted by Crippen LogP contribution is -2.43. The summed E-state index contributed by atoms with van der Waals surface area (Å²) >= 11 is 2.16. The summed E-state index contributed by atoms with van der Waals surface area (Å²) in [6.07, 6.45) is 0. The minimum atomic E-state index is -0.427. The molecule has 0 aromatic heterocycles. The lowest BCUT2D eigenvalue weighted by molar-refractivity contribution is -0.123. The third-order valence-electron chi connectivity index (χ3n) is 3.20. The fourth-order valence-electron chi connectivity index (χ4n) is 1.83. The van der Waals surface area contributed by atoms with Gasteiger partial charge in [-0.1, -0.05) is 24.3 Å². The average molecular weight is 424 g/mol. The van der Waals surface area contributed by atoms with Crippen molar-refractivity contribution in [3.63, 3.8) is 0 Å². The Hall–Kier alpha value is -2.09. The van der Waals surface area contributed by atoms with Gasteiger partial charge in [-0.15, -0.1) is 0 Å². The maximum atomic E-state index is 12.0. The van der Waals surface area contributed by atoms with Gasteiger partial charge in [-0.25, -0.2) is 0 Å². The van der Waals surface area contributed by atoms with Crippen LogP contribution >= 0.6 is 22.6 Å². The zero-order chi connectivity index (χ0) is 16.8. The van der Waals surface area contributed by atoms with Crippen LogP contribution in [0.5, 0.6) is 5.75 Å². The van der Waals surface area contributed by atoms with Crippen LogP contribution in [0.1, 0.15) is 21.5 Å². The molecule has 0 aliphatic rings. The molecule has 0 unspecified atom stereocenters. The van der Waals surface area contributed by atoms with Crippen LogP contribution in [0.4, 0.5) is 0 Å². The van der Waals surface area contributed by atoms with Gasteiger partial charge < -0.3 is 4.74 Å². The minimum Gasteiger partial charge on any atom is -0.483 e. The van der Waals surface area contributed by atoms with Crippen LogP contribution in [0.3, 0.4) is 0 Å². The molecule has 0 saturated heterocycles. The molecule has 0 heterocycles. The molecule has 0 aliphatic carbocycles. The van der Waals surface area contributed by atoms with Crippen LogP contribution < -0.4 is 15.6 Å². The van der Waals surface area contributed by atoms with E-state index in [1.807, 2.05) is 38.1 Å². The van der Waals surface area contributed by atoms with E-state index in [0.29, 0.717) is 11.3 Å². The highest BCUT2D eigenvalue weighted by molar-refractivity contribution is 14.1. The normalized spacial score (nSPS) is 10.0. The SMILES string of the molecule is Cc1ccc(C(=O)NNC(=O)COc2ccccc2C)cc1I. The summed E-state index contributed by atoms with van der Waals surface area (Å²) in [5.41, 5.74) is 7.24. The Morgan fingerprint density at radius 2 is 1.78 bits per heavy atom. The quantitative estimate of drug-likeness (QED) is 0.586. The summed E-state index contributed by atoms with van der Waals surface area (Å²) in [4.78, 5) is 23.7. The van der Waals surface area contributed by atoms with E-state index in [2.05, 4.69) is 33.4 Å². The van der Waals surface area contributed by atoms with Crippen LogP contribution in [-0.2, 0) is 4.79 Å². The number of carbonyl (C=O) groups excluding carboxylic acids is 2. The van der Waals surface area contributed by atoms with Gasteiger partial charge in [0.15, 0.2) is 6.61 Å². The standard InChI is InChI=1S/C17H17IN2O3/c1-11-7-8-13(9-14(11)18)17(22)20-19-16(21)10-23-15-6-4-3-5-12(15)2/h3-9H,10H2,1-2H3,(H,19,21)(H,20,22). The fraction of sp³-hybridized carbons (Fsp3) is 0.176. The Morgan fingerprint density at radius 3 is 2.48 bits per heavy atom. The number of amides is 2. The van der Waals surface area contributed by atoms with Crippen molar-refractivity contribution < 1.29 is 14.3 Å². The Kier molecular flexibility index (Phi) is 5.97. The van der Waals surface area contributed by atoms with Gasteiger partial charge >= 0.3 is 0 Å². The van der Waals surface area contributed by atoms with Crippen molar-refractivity contribution in [3.05, 3.63) is 62.7 Å². The van der Waals surface area contributed by atoms with Crippen molar-refractivity contribution in [2.45, 2.75) is 13.8 Å². The van der Waals surface area contributed by atoms with Crippen molar-refractivity contribution in [2.75, 3.05) is 6.61 Å². The molecule has 0 saturated carbocycles. The molecule has 0 fully saturated rings. The van der Waals surface area contributed by atoms with Crippen LogP contribution in [-0.4, -0.2) is 18.4 Å². The number of halogens is 1. The van der Waals surface area contributed by atoms with Gasteiger partial charge in [0.05, 0.1) is 0 Å². The molecule has 6 heteroatoms. The molecule has 23 heavy (non-hydrogen) atoms. The molecule has 0 spiro atoms. The predicted molar refractivity (Wildman–Crippen MR) is 96.2 cm³/mol. The molecule has 5 nitrogen and oxygen atoms in total. The summed E-state index contributed by atoms with van der Waals surface area (Å²) in [5, 5.41) is 0. The second-order valence-electron chi connectivity index (χ2n) is 5.02. The summed E-state index contributed by atoms with van der Waals surface area (Å²) in [5.74, 6) is -0.155. The van der Waals surface area contributed by atoms with E-state index in [4.69, 9.17) is 4.74 Å². The molecule has 0 bridgehead atoms. The minimum absolute atomic E-state index is 0.170. The second-order valence-corrected chi connectivity index (χ2v) is 6.18. The van der Waals surface area contributed by atoms with Crippen LogP contribution in [0.2, 0.25) is 0 Å². The van der Waals surface area contributed by atoms with Crippen LogP contribution in [0, 0.1) is 17.4 Å². The highest BCUT2D eigenvalue weighted by atomic mass is 127. The average Bonchev–Trinajstić information content (AvgIpc) is 2.54. The van der Waals surface area contributed by atoms with E-state index >= 15 is 0 Å². The van der Waals surface area contributed by atoms with Gasteiger partial charge in [0.2, 0.25) is 0 Å². The fourth-order valence-corrected chi connectivity index (χ4v) is 2.35. The van der Waals surface area contributed by atoms with E-state index in [9.17, 15) is 9.59 Å². The Labute approximate surface area is 148 Å². The van der Waals surface area contributed by atoms with Gasteiger partial charge in [-0.05, 0) is 65.8 Å². The number of hydrogen-bond acceptors (Lipinski definition) is 3. The van der Waals surface area contributed by atoms with Gasteiger partial charge in [0.1, 0.15) is 5.75 Å². The smallest absolute Gasteiger partial charge is 0.276 e. The molecule has 0 radical (unpaired) electrons. The Balaban J connectivity index is 1.83. The maximum absolute atomic E-state index is 12.0. The highest BCUT2D eigenvalue weighted by Crippen LogP contribution is 2.15. The number of benzene rings is 2. The van der Waals surface area contributed by atoms with E-state index in [1.165, 1.54) is 0 Å². The molecule has 0 aliphatic heterocycles. The summed E-state index contributed by atoms with van der Waals surface area (Å²) in [6.45, 7) is 3.69. The second kappa shape index (κ2) is 7.96. The zero-order valence-electron chi connectivity index (χ0n) is 12.9. The number of hydrazine groups is 1. The van der Waals surface area contributed by atoms with Gasteiger partial charge in [-0.3, -0.25) is 20.4 Å². The number of aryl methyl sites for hydroxylation is 2. The third kappa shape index (κ3) is 4.95. The van der Waals surface area contributed by atoms with Gasteiger partial charge in [0, 0.05) is 9.13 Å². The Bertz CT molecular complexity index is 732. The van der Waals surface area contributed by atoms with E-state index in [0.717, 1.165) is 14.7 Å². The molecule has 2 amide bonds. The monoisotopic (exact) mass is 424 g/mol. The van der Waals surface area contributed by atoms with E-state index < -0.39 is 5.91 Å².